The SMILES string of the molecule is O=C1CCCC(=O)C1=C(O)CCCCCCCCc1ccccc1. The number of carbonyl (C=O) groups is 2. The first-order valence-electron chi connectivity index (χ1n) is 9.21. The number of ketones is 2. The van der Waals surface area contributed by atoms with E-state index in [-0.39, 0.29) is 22.9 Å². The van der Waals surface area contributed by atoms with Crippen molar-refractivity contribution in [3.05, 3.63) is 47.2 Å². The highest BCUT2D eigenvalue weighted by atomic mass is 16.3. The van der Waals surface area contributed by atoms with E-state index in [1.165, 1.54) is 24.8 Å². The standard InChI is InChI=1S/C21H28O3/c22-18(21-19(23)15-10-16-20(21)24)14-9-4-2-1-3-6-11-17-12-7-5-8-13-17/h5,7-8,12-13,22H,1-4,6,9-11,14-16H2. The van der Waals surface area contributed by atoms with Crippen LogP contribution in [-0.4, -0.2) is 16.7 Å². The van der Waals surface area contributed by atoms with Gasteiger partial charge < -0.3 is 5.11 Å². The second-order valence-corrected chi connectivity index (χ2v) is 6.63. The lowest BCUT2D eigenvalue weighted by Gasteiger charge is -2.13. The molecular weight excluding hydrogens is 300 g/mol. The molecule has 0 atom stereocenters. The van der Waals surface area contributed by atoms with Gasteiger partial charge in [0, 0.05) is 19.3 Å². The number of aliphatic hydroxyl groups excluding tert-OH is 1. The molecule has 1 aliphatic carbocycles. The molecule has 3 heteroatoms. The number of carbonyl (C=O) groups excluding carboxylic acids is 2. The van der Waals surface area contributed by atoms with Gasteiger partial charge in [-0.2, -0.15) is 0 Å². The van der Waals surface area contributed by atoms with Gasteiger partial charge in [-0.15, -0.1) is 0 Å². The maximum absolute atomic E-state index is 11.7. The minimum absolute atomic E-state index is 0.0220. The van der Waals surface area contributed by atoms with E-state index in [1.807, 2.05) is 6.07 Å². The van der Waals surface area contributed by atoms with Crippen molar-refractivity contribution in [2.75, 3.05) is 0 Å². The van der Waals surface area contributed by atoms with Crippen LogP contribution in [0.1, 0.15) is 69.8 Å². The fourth-order valence-corrected chi connectivity index (χ4v) is 3.24. The molecule has 3 nitrogen and oxygen atoms in total. The number of hydrogen-bond acceptors (Lipinski definition) is 3. The average Bonchev–Trinajstić information content (AvgIpc) is 2.58. The Labute approximate surface area is 144 Å². The Hall–Kier alpha value is -1.90. The van der Waals surface area contributed by atoms with Crippen LogP contribution in [0.3, 0.4) is 0 Å². The zero-order valence-electron chi connectivity index (χ0n) is 14.4. The van der Waals surface area contributed by atoms with Gasteiger partial charge in [-0.25, -0.2) is 0 Å². The summed E-state index contributed by atoms with van der Waals surface area (Å²) < 4.78 is 0. The smallest absolute Gasteiger partial charge is 0.169 e. The molecule has 2 rings (SSSR count). The Balaban J connectivity index is 1.56. The molecule has 0 aliphatic heterocycles. The maximum Gasteiger partial charge on any atom is 0.169 e. The van der Waals surface area contributed by atoms with E-state index in [0.29, 0.717) is 25.7 Å². The number of benzene rings is 1. The molecule has 0 spiro atoms. The number of Topliss-reactive ketones (excluding diaryl/α,β-unsaturated/α-hetero) is 2. The summed E-state index contributed by atoms with van der Waals surface area (Å²) in [4.78, 5) is 23.5. The van der Waals surface area contributed by atoms with Crippen LogP contribution in [0.5, 0.6) is 0 Å². The van der Waals surface area contributed by atoms with Gasteiger partial charge in [0.1, 0.15) is 5.76 Å². The molecule has 1 N–H and O–H groups in total. The minimum atomic E-state index is -0.176. The van der Waals surface area contributed by atoms with Crippen LogP contribution in [0.25, 0.3) is 0 Å². The molecule has 0 saturated heterocycles. The molecule has 0 aromatic heterocycles. The first kappa shape index (κ1) is 18.4. The molecule has 1 saturated carbocycles. The van der Waals surface area contributed by atoms with Crippen molar-refractivity contribution < 1.29 is 14.7 Å². The summed E-state index contributed by atoms with van der Waals surface area (Å²) in [6.45, 7) is 0. The molecule has 0 bridgehead atoms. The lowest BCUT2D eigenvalue weighted by Crippen LogP contribution is -2.20. The largest absolute Gasteiger partial charge is 0.511 e. The summed E-state index contributed by atoms with van der Waals surface area (Å²) in [7, 11) is 0. The summed E-state index contributed by atoms with van der Waals surface area (Å²) >= 11 is 0. The van der Waals surface area contributed by atoms with E-state index in [0.717, 1.165) is 25.7 Å². The summed E-state index contributed by atoms with van der Waals surface area (Å²) in [5.41, 5.74) is 1.49. The normalized spacial score (nSPS) is 14.9. The second kappa shape index (κ2) is 10.1. The van der Waals surface area contributed by atoms with Crippen LogP contribution in [0.4, 0.5) is 0 Å². The van der Waals surface area contributed by atoms with Gasteiger partial charge in [-0.05, 0) is 31.2 Å². The Bertz CT molecular complexity index is 554. The van der Waals surface area contributed by atoms with Crippen molar-refractivity contribution in [2.45, 2.75) is 70.6 Å². The van der Waals surface area contributed by atoms with Crippen LogP contribution in [-0.2, 0) is 16.0 Å². The Morgan fingerprint density at radius 3 is 2.08 bits per heavy atom. The highest BCUT2D eigenvalue weighted by molar-refractivity contribution is 6.21. The van der Waals surface area contributed by atoms with Gasteiger partial charge in [0.2, 0.25) is 0 Å². The van der Waals surface area contributed by atoms with Crippen LogP contribution >= 0.6 is 0 Å². The molecule has 24 heavy (non-hydrogen) atoms. The van der Waals surface area contributed by atoms with Gasteiger partial charge in [-0.1, -0.05) is 56.0 Å². The first-order chi connectivity index (χ1) is 11.7. The van der Waals surface area contributed by atoms with Crippen LogP contribution in [0.15, 0.2) is 41.7 Å². The third-order valence-electron chi connectivity index (χ3n) is 4.63. The summed E-state index contributed by atoms with van der Waals surface area (Å²) in [5.74, 6) is -0.330. The van der Waals surface area contributed by atoms with Gasteiger partial charge in [0.25, 0.3) is 0 Å². The Morgan fingerprint density at radius 2 is 1.42 bits per heavy atom. The molecule has 0 heterocycles. The van der Waals surface area contributed by atoms with E-state index in [2.05, 4.69) is 24.3 Å². The third-order valence-corrected chi connectivity index (χ3v) is 4.63. The number of rotatable bonds is 9. The van der Waals surface area contributed by atoms with E-state index in [9.17, 15) is 14.7 Å². The molecule has 0 radical (unpaired) electrons. The van der Waals surface area contributed by atoms with Crippen molar-refractivity contribution in [2.24, 2.45) is 0 Å². The van der Waals surface area contributed by atoms with Gasteiger partial charge in [-0.3, -0.25) is 9.59 Å². The lowest BCUT2D eigenvalue weighted by atomic mass is 9.90. The van der Waals surface area contributed by atoms with Crippen LogP contribution in [0.2, 0.25) is 0 Å². The van der Waals surface area contributed by atoms with Gasteiger partial charge in [0.15, 0.2) is 11.6 Å². The predicted octanol–water partition coefficient (Wildman–Crippen LogP) is 5.09. The van der Waals surface area contributed by atoms with Crippen molar-refractivity contribution in [3.63, 3.8) is 0 Å². The van der Waals surface area contributed by atoms with Crippen LogP contribution in [0, 0.1) is 0 Å². The van der Waals surface area contributed by atoms with Gasteiger partial charge in [0.05, 0.1) is 5.57 Å². The summed E-state index contributed by atoms with van der Waals surface area (Å²) in [5, 5.41) is 10.0. The zero-order chi connectivity index (χ0) is 17.2. The highest BCUT2D eigenvalue weighted by Gasteiger charge is 2.26. The maximum atomic E-state index is 11.7. The van der Waals surface area contributed by atoms with Crippen molar-refractivity contribution in [1.82, 2.24) is 0 Å². The van der Waals surface area contributed by atoms with Crippen LogP contribution < -0.4 is 0 Å². The van der Waals surface area contributed by atoms with E-state index >= 15 is 0 Å². The number of allylic oxidation sites excluding steroid dienone is 2. The monoisotopic (exact) mass is 328 g/mol. The predicted molar refractivity (Wildman–Crippen MR) is 96.0 cm³/mol. The molecule has 1 fully saturated rings. The zero-order valence-corrected chi connectivity index (χ0v) is 14.4. The lowest BCUT2D eigenvalue weighted by molar-refractivity contribution is -0.124. The highest BCUT2D eigenvalue weighted by Crippen LogP contribution is 2.22. The topological polar surface area (TPSA) is 54.4 Å². The quantitative estimate of drug-likeness (QED) is 0.297. The fourth-order valence-electron chi connectivity index (χ4n) is 3.24. The molecule has 1 aromatic rings. The Morgan fingerprint density at radius 1 is 0.833 bits per heavy atom. The average molecular weight is 328 g/mol. The Kier molecular flexibility index (Phi) is 7.73. The minimum Gasteiger partial charge on any atom is -0.511 e. The summed E-state index contributed by atoms with van der Waals surface area (Å²) in [6, 6.07) is 10.5. The van der Waals surface area contributed by atoms with E-state index in [1.54, 1.807) is 0 Å². The molecule has 1 aromatic carbocycles. The molecular formula is C21H28O3. The number of unbranched alkanes of at least 4 members (excludes halogenated alkanes) is 5. The van der Waals surface area contributed by atoms with Crippen molar-refractivity contribution in [1.29, 1.82) is 0 Å². The van der Waals surface area contributed by atoms with Crippen molar-refractivity contribution >= 4 is 11.6 Å². The van der Waals surface area contributed by atoms with Gasteiger partial charge >= 0.3 is 0 Å². The molecule has 130 valence electrons. The number of aryl methyl sites for hydroxylation is 1. The second-order valence-electron chi connectivity index (χ2n) is 6.63. The van der Waals surface area contributed by atoms with E-state index < -0.39 is 0 Å². The fraction of sp³-hybridized carbons (Fsp3) is 0.524. The number of aliphatic hydroxyl groups is 1. The van der Waals surface area contributed by atoms with Crippen molar-refractivity contribution in [3.8, 4) is 0 Å². The molecule has 0 unspecified atom stereocenters. The van der Waals surface area contributed by atoms with E-state index in [4.69, 9.17) is 0 Å². The third kappa shape index (κ3) is 5.95. The molecule has 1 aliphatic rings. The number of hydrogen-bond donors (Lipinski definition) is 1. The summed E-state index contributed by atoms with van der Waals surface area (Å²) in [6.07, 6.45) is 9.65. The first-order valence-corrected chi connectivity index (χ1v) is 9.21. The molecule has 0 amide bonds.